The highest BCUT2D eigenvalue weighted by Gasteiger charge is 2.25. The maximum Gasteiger partial charge on any atom is 0.127 e. The molecule has 2 atom stereocenters. The zero-order chi connectivity index (χ0) is 13.1. The van der Waals surface area contributed by atoms with Gasteiger partial charge in [0.25, 0.3) is 0 Å². The van der Waals surface area contributed by atoms with Crippen molar-refractivity contribution in [2.24, 2.45) is 0 Å². The third-order valence-electron chi connectivity index (χ3n) is 4.21. The number of aryl methyl sites for hydroxylation is 1. The van der Waals surface area contributed by atoms with Crippen LogP contribution in [-0.4, -0.2) is 26.4 Å². The highest BCUT2D eigenvalue weighted by molar-refractivity contribution is 5.44. The van der Waals surface area contributed by atoms with Crippen LogP contribution in [0.25, 0.3) is 0 Å². The van der Waals surface area contributed by atoms with Gasteiger partial charge in [-0.05, 0) is 44.7 Å². The van der Waals surface area contributed by atoms with Gasteiger partial charge in [-0.2, -0.15) is 0 Å². The number of rotatable bonds is 4. The summed E-state index contributed by atoms with van der Waals surface area (Å²) in [6, 6.07) is 6.87. The first kappa shape index (κ1) is 12.9. The second kappa shape index (κ2) is 5.93. The Bertz CT molecular complexity index is 427. The molecule has 2 heterocycles. The fraction of sp³-hybridized carbons (Fsp3) is 0.625. The largest absolute Gasteiger partial charge is 0.493 e. The molecule has 3 nitrogen and oxygen atoms in total. The SMILES string of the molecule is CNC(CC1CCCO1)c1cccc2c1OCCC2. The van der Waals surface area contributed by atoms with Gasteiger partial charge in [0, 0.05) is 18.2 Å². The van der Waals surface area contributed by atoms with Crippen molar-refractivity contribution in [1.29, 1.82) is 0 Å². The van der Waals surface area contributed by atoms with E-state index in [4.69, 9.17) is 9.47 Å². The molecule has 0 aliphatic carbocycles. The molecule has 1 saturated heterocycles. The van der Waals surface area contributed by atoms with Crippen LogP contribution >= 0.6 is 0 Å². The van der Waals surface area contributed by atoms with E-state index in [1.165, 1.54) is 24.0 Å². The minimum absolute atomic E-state index is 0.330. The second-order valence-electron chi connectivity index (χ2n) is 5.50. The Hall–Kier alpha value is -1.06. The van der Waals surface area contributed by atoms with E-state index >= 15 is 0 Å². The molecule has 2 aliphatic rings. The molecule has 0 saturated carbocycles. The number of benzene rings is 1. The zero-order valence-electron chi connectivity index (χ0n) is 11.7. The maximum absolute atomic E-state index is 5.92. The second-order valence-corrected chi connectivity index (χ2v) is 5.50. The van der Waals surface area contributed by atoms with Crippen molar-refractivity contribution in [3.05, 3.63) is 29.3 Å². The van der Waals surface area contributed by atoms with Gasteiger partial charge in [0.2, 0.25) is 0 Å². The summed E-state index contributed by atoms with van der Waals surface area (Å²) >= 11 is 0. The average Bonchev–Trinajstić information content (AvgIpc) is 2.97. The van der Waals surface area contributed by atoms with Crippen molar-refractivity contribution in [3.63, 3.8) is 0 Å². The van der Waals surface area contributed by atoms with Crippen LogP contribution in [0.2, 0.25) is 0 Å². The van der Waals surface area contributed by atoms with Gasteiger partial charge in [0.15, 0.2) is 0 Å². The Morgan fingerprint density at radius 3 is 3.05 bits per heavy atom. The molecule has 19 heavy (non-hydrogen) atoms. The number of hydrogen-bond acceptors (Lipinski definition) is 3. The topological polar surface area (TPSA) is 30.5 Å². The third-order valence-corrected chi connectivity index (χ3v) is 4.21. The van der Waals surface area contributed by atoms with E-state index in [1.807, 2.05) is 7.05 Å². The van der Waals surface area contributed by atoms with E-state index in [2.05, 4.69) is 23.5 Å². The lowest BCUT2D eigenvalue weighted by Gasteiger charge is -2.26. The zero-order valence-corrected chi connectivity index (χ0v) is 11.7. The van der Waals surface area contributed by atoms with Gasteiger partial charge in [-0.15, -0.1) is 0 Å². The van der Waals surface area contributed by atoms with Crippen LogP contribution in [0, 0.1) is 0 Å². The van der Waals surface area contributed by atoms with Crippen molar-refractivity contribution in [3.8, 4) is 5.75 Å². The van der Waals surface area contributed by atoms with E-state index in [9.17, 15) is 0 Å². The average molecular weight is 261 g/mol. The number of para-hydroxylation sites is 1. The number of nitrogens with one attached hydrogen (secondary N) is 1. The Labute approximate surface area is 115 Å². The van der Waals surface area contributed by atoms with Gasteiger partial charge in [0.1, 0.15) is 5.75 Å². The lowest BCUT2D eigenvalue weighted by Crippen LogP contribution is -2.24. The molecule has 104 valence electrons. The molecule has 0 spiro atoms. The molecule has 1 N–H and O–H groups in total. The van der Waals surface area contributed by atoms with Gasteiger partial charge >= 0.3 is 0 Å². The first-order chi connectivity index (χ1) is 9.38. The van der Waals surface area contributed by atoms with Crippen molar-refractivity contribution in [1.82, 2.24) is 5.32 Å². The predicted molar refractivity (Wildman–Crippen MR) is 75.6 cm³/mol. The monoisotopic (exact) mass is 261 g/mol. The molecule has 2 unspecified atom stereocenters. The van der Waals surface area contributed by atoms with E-state index in [-0.39, 0.29) is 0 Å². The highest BCUT2D eigenvalue weighted by Crippen LogP contribution is 2.35. The van der Waals surface area contributed by atoms with Gasteiger partial charge in [-0.25, -0.2) is 0 Å². The molecule has 2 aliphatic heterocycles. The standard InChI is InChI=1S/C16H23NO2/c1-17-15(11-13-7-4-9-18-13)14-8-2-5-12-6-3-10-19-16(12)14/h2,5,8,13,15,17H,3-4,6-7,9-11H2,1H3. The lowest BCUT2D eigenvalue weighted by molar-refractivity contribution is 0.0949. The van der Waals surface area contributed by atoms with Crippen molar-refractivity contribution >= 4 is 0 Å². The van der Waals surface area contributed by atoms with Crippen molar-refractivity contribution in [2.75, 3.05) is 20.3 Å². The summed E-state index contributed by atoms with van der Waals surface area (Å²) in [7, 11) is 2.03. The van der Waals surface area contributed by atoms with Crippen LogP contribution in [0.15, 0.2) is 18.2 Å². The molecule has 0 bridgehead atoms. The fourth-order valence-electron chi connectivity index (χ4n) is 3.18. The molecule has 3 heteroatoms. The van der Waals surface area contributed by atoms with Gasteiger partial charge in [-0.1, -0.05) is 18.2 Å². The molecule has 3 rings (SSSR count). The van der Waals surface area contributed by atoms with Crippen LogP contribution in [0.1, 0.15) is 42.9 Å². The lowest BCUT2D eigenvalue weighted by atomic mass is 9.94. The van der Waals surface area contributed by atoms with Crippen molar-refractivity contribution < 1.29 is 9.47 Å². The number of hydrogen-bond donors (Lipinski definition) is 1. The normalized spacial score (nSPS) is 23.7. The van der Waals surface area contributed by atoms with Gasteiger partial charge in [0.05, 0.1) is 12.7 Å². The molecule has 0 amide bonds. The highest BCUT2D eigenvalue weighted by atomic mass is 16.5. The third kappa shape index (κ3) is 2.77. The summed E-state index contributed by atoms with van der Waals surface area (Å²) in [5.41, 5.74) is 2.66. The summed E-state index contributed by atoms with van der Waals surface area (Å²) in [5.74, 6) is 1.12. The fourth-order valence-corrected chi connectivity index (χ4v) is 3.18. The summed E-state index contributed by atoms with van der Waals surface area (Å²) in [6.45, 7) is 1.77. The van der Waals surface area contributed by atoms with Crippen LogP contribution in [0.5, 0.6) is 5.75 Å². The molecule has 1 fully saturated rings. The van der Waals surface area contributed by atoms with E-state index in [0.29, 0.717) is 12.1 Å². The number of ether oxygens (including phenoxy) is 2. The van der Waals surface area contributed by atoms with Crippen molar-refractivity contribution in [2.45, 2.75) is 44.2 Å². The number of fused-ring (bicyclic) bond motifs is 1. The van der Waals surface area contributed by atoms with Crippen LogP contribution in [0.3, 0.4) is 0 Å². The summed E-state index contributed by atoms with van der Waals surface area (Å²) < 4.78 is 11.7. The Morgan fingerprint density at radius 2 is 2.26 bits per heavy atom. The minimum atomic E-state index is 0.330. The van der Waals surface area contributed by atoms with Crippen LogP contribution in [-0.2, 0) is 11.2 Å². The molecule has 0 aromatic heterocycles. The smallest absolute Gasteiger partial charge is 0.127 e. The molecular formula is C16H23NO2. The Balaban J connectivity index is 1.81. The maximum atomic E-state index is 5.92. The minimum Gasteiger partial charge on any atom is -0.493 e. The first-order valence-corrected chi connectivity index (χ1v) is 7.42. The Kier molecular flexibility index (Phi) is 4.04. The summed E-state index contributed by atoms with van der Waals surface area (Å²) in [4.78, 5) is 0. The molecule has 1 aromatic carbocycles. The predicted octanol–water partition coefficient (Wildman–Crippen LogP) is 2.84. The molecule has 1 aromatic rings. The van der Waals surface area contributed by atoms with Crippen LogP contribution in [0.4, 0.5) is 0 Å². The first-order valence-electron chi connectivity index (χ1n) is 7.42. The summed E-state index contributed by atoms with van der Waals surface area (Å²) in [5, 5.41) is 3.44. The van der Waals surface area contributed by atoms with E-state index < -0.39 is 0 Å². The van der Waals surface area contributed by atoms with Crippen LogP contribution < -0.4 is 10.1 Å². The molecular weight excluding hydrogens is 238 g/mol. The van der Waals surface area contributed by atoms with Gasteiger partial charge < -0.3 is 14.8 Å². The van der Waals surface area contributed by atoms with E-state index in [1.54, 1.807) is 0 Å². The summed E-state index contributed by atoms with van der Waals surface area (Å²) in [6.07, 6.45) is 6.10. The van der Waals surface area contributed by atoms with E-state index in [0.717, 1.165) is 38.2 Å². The van der Waals surface area contributed by atoms with Gasteiger partial charge in [-0.3, -0.25) is 0 Å². The quantitative estimate of drug-likeness (QED) is 0.904. The molecule has 0 radical (unpaired) electrons. The Morgan fingerprint density at radius 1 is 1.32 bits per heavy atom.